The second kappa shape index (κ2) is 8.86. The van der Waals surface area contributed by atoms with Crippen LogP contribution >= 0.6 is 0 Å². The van der Waals surface area contributed by atoms with Crippen LogP contribution in [0.4, 0.5) is 0 Å². The fourth-order valence-electron chi connectivity index (χ4n) is 0.840. The van der Waals surface area contributed by atoms with Crippen LogP contribution in [0.5, 0.6) is 0 Å². The molecule has 1 N–H and O–H groups in total. The lowest BCUT2D eigenvalue weighted by molar-refractivity contribution is -0.137. The highest BCUT2D eigenvalue weighted by Crippen LogP contribution is 1.96. The Morgan fingerprint density at radius 3 is 2.46 bits per heavy atom. The molecule has 0 saturated carbocycles. The normalized spacial score (nSPS) is 8.62. The third kappa shape index (κ3) is 10.8. The van der Waals surface area contributed by atoms with Gasteiger partial charge in [0.15, 0.2) is 0 Å². The second-order valence-corrected chi connectivity index (χ2v) is 2.78. The van der Waals surface area contributed by atoms with Crippen molar-refractivity contribution >= 4 is 5.97 Å². The highest BCUT2D eigenvalue weighted by Gasteiger charge is 1.92. The number of hydrogen-bond donors (Lipinski definition) is 1. The van der Waals surface area contributed by atoms with Gasteiger partial charge in [0.2, 0.25) is 0 Å². The second-order valence-electron chi connectivity index (χ2n) is 2.78. The summed E-state index contributed by atoms with van der Waals surface area (Å²) in [6.07, 6.45) is 6.40. The van der Waals surface area contributed by atoms with Gasteiger partial charge in [-0.2, -0.15) is 0 Å². The van der Waals surface area contributed by atoms with Crippen LogP contribution in [0.15, 0.2) is 12.7 Å². The maximum absolute atomic E-state index is 10.1. The van der Waals surface area contributed by atoms with E-state index in [0.29, 0.717) is 12.8 Å². The maximum atomic E-state index is 10.1. The molecule has 0 unspecified atom stereocenters. The van der Waals surface area contributed by atoms with Crippen molar-refractivity contribution in [3.8, 4) is 11.8 Å². The van der Waals surface area contributed by atoms with Crippen LogP contribution in [0.3, 0.4) is 0 Å². The van der Waals surface area contributed by atoms with Crippen LogP contribution in [0.2, 0.25) is 0 Å². The summed E-state index contributed by atoms with van der Waals surface area (Å²) in [5, 5.41) is 8.33. The van der Waals surface area contributed by atoms with Crippen LogP contribution in [0, 0.1) is 11.8 Å². The van der Waals surface area contributed by atoms with Crippen LogP contribution in [-0.4, -0.2) is 11.1 Å². The van der Waals surface area contributed by atoms with Crippen molar-refractivity contribution in [3.05, 3.63) is 12.7 Å². The third-order valence-electron chi connectivity index (χ3n) is 1.53. The smallest absolute Gasteiger partial charge is 0.303 e. The minimum atomic E-state index is -0.742. The number of allylic oxidation sites excluding steroid dienone is 1. The Labute approximate surface area is 79.7 Å². The maximum Gasteiger partial charge on any atom is 0.303 e. The van der Waals surface area contributed by atoms with Crippen molar-refractivity contribution in [1.29, 1.82) is 0 Å². The molecule has 0 heterocycles. The van der Waals surface area contributed by atoms with E-state index in [-0.39, 0.29) is 6.42 Å². The van der Waals surface area contributed by atoms with Gasteiger partial charge in [0.1, 0.15) is 0 Å². The van der Waals surface area contributed by atoms with Crippen LogP contribution in [0.1, 0.15) is 38.5 Å². The lowest BCUT2D eigenvalue weighted by Crippen LogP contribution is -1.92. The molecule has 2 heteroatoms. The van der Waals surface area contributed by atoms with E-state index in [0.717, 1.165) is 19.3 Å². The highest BCUT2D eigenvalue weighted by molar-refractivity contribution is 5.66. The summed E-state index contributed by atoms with van der Waals surface area (Å²) >= 11 is 0. The van der Waals surface area contributed by atoms with Gasteiger partial charge in [-0.3, -0.25) is 4.79 Å². The summed E-state index contributed by atoms with van der Waals surface area (Å²) in [7, 11) is 0. The van der Waals surface area contributed by atoms with E-state index in [9.17, 15) is 4.79 Å². The molecule has 0 bridgehead atoms. The van der Waals surface area contributed by atoms with E-state index >= 15 is 0 Å². The van der Waals surface area contributed by atoms with Crippen molar-refractivity contribution in [3.63, 3.8) is 0 Å². The molecule has 13 heavy (non-hydrogen) atoms. The summed E-state index contributed by atoms with van der Waals surface area (Å²) in [6, 6.07) is 0. The first kappa shape index (κ1) is 11.8. The molecule has 0 amide bonds. The number of rotatable bonds is 6. The monoisotopic (exact) mass is 180 g/mol. The van der Waals surface area contributed by atoms with E-state index in [1.807, 2.05) is 6.08 Å². The van der Waals surface area contributed by atoms with Gasteiger partial charge in [0.05, 0.1) is 0 Å². The molecule has 0 radical (unpaired) electrons. The van der Waals surface area contributed by atoms with E-state index < -0.39 is 5.97 Å². The first-order chi connectivity index (χ1) is 6.27. The molecule has 0 aromatic rings. The molecule has 0 atom stereocenters. The van der Waals surface area contributed by atoms with E-state index in [1.165, 1.54) is 0 Å². The molecule has 0 fully saturated rings. The molecule has 2 nitrogen and oxygen atoms in total. The predicted molar refractivity (Wildman–Crippen MR) is 53.3 cm³/mol. The third-order valence-corrected chi connectivity index (χ3v) is 1.53. The fraction of sp³-hybridized carbons (Fsp3) is 0.545. The molecular formula is C11H16O2. The van der Waals surface area contributed by atoms with Gasteiger partial charge < -0.3 is 5.11 Å². The number of hydrogen-bond acceptors (Lipinski definition) is 1. The Morgan fingerprint density at radius 1 is 1.31 bits per heavy atom. The summed E-state index contributed by atoms with van der Waals surface area (Å²) in [4.78, 5) is 10.1. The number of carboxylic acids is 1. The Hall–Kier alpha value is -1.23. The summed E-state index contributed by atoms with van der Waals surface area (Å²) in [5.41, 5.74) is 0. The van der Waals surface area contributed by atoms with Crippen LogP contribution in [0.25, 0.3) is 0 Å². The highest BCUT2D eigenvalue weighted by atomic mass is 16.4. The van der Waals surface area contributed by atoms with E-state index in [4.69, 9.17) is 5.11 Å². The molecule has 0 rings (SSSR count). The topological polar surface area (TPSA) is 37.3 Å². The molecule has 0 aliphatic rings. The average molecular weight is 180 g/mol. The zero-order valence-corrected chi connectivity index (χ0v) is 7.88. The van der Waals surface area contributed by atoms with Crippen molar-refractivity contribution in [2.45, 2.75) is 38.5 Å². The predicted octanol–water partition coefficient (Wildman–Crippen LogP) is 2.60. The fourth-order valence-corrected chi connectivity index (χ4v) is 0.840. The Bertz CT molecular complexity index is 208. The Kier molecular flexibility index (Phi) is 8.02. The van der Waals surface area contributed by atoms with Gasteiger partial charge >= 0.3 is 5.97 Å². The molecule has 0 aliphatic heterocycles. The summed E-state index contributed by atoms with van der Waals surface area (Å²) in [6.45, 7) is 3.61. The van der Waals surface area contributed by atoms with Gasteiger partial charge in [0.25, 0.3) is 0 Å². The number of carbonyl (C=O) groups is 1. The molecular weight excluding hydrogens is 164 g/mol. The number of unbranched alkanes of at least 4 members (excludes halogenated alkanes) is 3. The van der Waals surface area contributed by atoms with Crippen molar-refractivity contribution < 1.29 is 9.90 Å². The SMILES string of the molecule is C=CCCCC#CCCCC(=O)O. The van der Waals surface area contributed by atoms with E-state index in [2.05, 4.69) is 18.4 Å². The first-order valence-corrected chi connectivity index (χ1v) is 4.55. The average Bonchev–Trinajstić information content (AvgIpc) is 2.09. The lowest BCUT2D eigenvalue weighted by Gasteiger charge is -1.88. The zero-order chi connectivity index (χ0) is 9.94. The zero-order valence-electron chi connectivity index (χ0n) is 7.88. The molecule has 0 spiro atoms. The van der Waals surface area contributed by atoms with Gasteiger partial charge in [0, 0.05) is 19.3 Å². The Morgan fingerprint density at radius 2 is 1.92 bits per heavy atom. The van der Waals surface area contributed by atoms with Crippen LogP contribution < -0.4 is 0 Å². The minimum Gasteiger partial charge on any atom is -0.481 e. The molecule has 72 valence electrons. The molecule has 0 aromatic carbocycles. The number of carboxylic acid groups (broad SMARTS) is 1. The summed E-state index contributed by atoms with van der Waals surface area (Å²) in [5.74, 6) is 5.21. The van der Waals surface area contributed by atoms with Gasteiger partial charge in [-0.15, -0.1) is 18.4 Å². The number of aliphatic carboxylic acids is 1. The van der Waals surface area contributed by atoms with Crippen molar-refractivity contribution in [2.24, 2.45) is 0 Å². The van der Waals surface area contributed by atoms with E-state index in [1.54, 1.807) is 0 Å². The summed E-state index contributed by atoms with van der Waals surface area (Å²) < 4.78 is 0. The lowest BCUT2D eigenvalue weighted by atomic mass is 10.2. The van der Waals surface area contributed by atoms with Crippen molar-refractivity contribution in [2.75, 3.05) is 0 Å². The van der Waals surface area contributed by atoms with Gasteiger partial charge in [-0.05, 0) is 19.3 Å². The molecule has 0 aromatic heterocycles. The largest absolute Gasteiger partial charge is 0.481 e. The quantitative estimate of drug-likeness (QED) is 0.387. The molecule has 0 saturated heterocycles. The van der Waals surface area contributed by atoms with Gasteiger partial charge in [-0.25, -0.2) is 0 Å². The Balaban J connectivity index is 3.19. The standard InChI is InChI=1S/C11H16O2/c1-2-3-4-5-6-7-8-9-10-11(12)13/h2H,1,3-5,8-10H2,(H,12,13). The van der Waals surface area contributed by atoms with Crippen molar-refractivity contribution in [1.82, 2.24) is 0 Å². The van der Waals surface area contributed by atoms with Gasteiger partial charge in [-0.1, -0.05) is 6.08 Å². The first-order valence-electron chi connectivity index (χ1n) is 4.55. The minimum absolute atomic E-state index is 0.224. The molecule has 0 aliphatic carbocycles. The van der Waals surface area contributed by atoms with Crippen LogP contribution in [-0.2, 0) is 4.79 Å².